The molecule has 2 aromatic rings. The van der Waals surface area contributed by atoms with Crippen LogP contribution in [0.15, 0.2) is 36.4 Å². The molecule has 0 fully saturated rings. The van der Waals surface area contributed by atoms with E-state index < -0.39 is 16.9 Å². The van der Waals surface area contributed by atoms with E-state index in [0.29, 0.717) is 23.5 Å². The summed E-state index contributed by atoms with van der Waals surface area (Å²) in [6, 6.07) is 10.2. The topological polar surface area (TPSA) is 114 Å². The van der Waals surface area contributed by atoms with E-state index in [1.165, 1.54) is 6.07 Å². The number of nitrogens with zero attached hydrogens (tertiary/aromatic N) is 2. The first-order chi connectivity index (χ1) is 14.8. The summed E-state index contributed by atoms with van der Waals surface area (Å²) in [6.45, 7) is 6.16. The number of para-hydroxylation sites is 2. The minimum absolute atomic E-state index is 0.0809. The largest absolute Gasteiger partial charge is 0.477 e. The van der Waals surface area contributed by atoms with E-state index in [1.54, 1.807) is 30.0 Å². The lowest BCUT2D eigenvalue weighted by atomic mass is 10.1. The number of hydrogen-bond donors (Lipinski definition) is 2. The summed E-state index contributed by atoms with van der Waals surface area (Å²) in [6.07, 6.45) is 0.0415. The lowest BCUT2D eigenvalue weighted by molar-refractivity contribution is -0.384. The van der Waals surface area contributed by atoms with Crippen LogP contribution in [0.3, 0.4) is 0 Å². The zero-order valence-corrected chi connectivity index (χ0v) is 17.8. The van der Waals surface area contributed by atoms with Crippen LogP contribution < -0.4 is 20.3 Å². The number of carbonyl (C=O) groups is 2. The number of nitro groups is 1. The van der Waals surface area contributed by atoms with Gasteiger partial charge in [-0.1, -0.05) is 25.1 Å². The minimum atomic E-state index is -0.760. The van der Waals surface area contributed by atoms with Crippen molar-refractivity contribution in [1.29, 1.82) is 0 Å². The summed E-state index contributed by atoms with van der Waals surface area (Å²) in [5, 5.41) is 16.9. The van der Waals surface area contributed by atoms with Crippen LogP contribution in [0.2, 0.25) is 0 Å². The average molecular weight is 426 g/mol. The molecule has 0 saturated carbocycles. The van der Waals surface area contributed by atoms with Crippen molar-refractivity contribution in [2.24, 2.45) is 0 Å². The quantitative estimate of drug-likeness (QED) is 0.520. The van der Waals surface area contributed by atoms with E-state index in [4.69, 9.17) is 4.74 Å². The molecule has 0 saturated heterocycles. The van der Waals surface area contributed by atoms with Gasteiger partial charge in [0.2, 0.25) is 5.91 Å². The predicted molar refractivity (Wildman–Crippen MR) is 118 cm³/mol. The molecule has 31 heavy (non-hydrogen) atoms. The predicted octanol–water partition coefficient (Wildman–Crippen LogP) is 2.94. The fraction of sp³-hybridized carbons (Fsp3) is 0.364. The van der Waals surface area contributed by atoms with Crippen LogP contribution in [-0.2, 0) is 9.59 Å². The van der Waals surface area contributed by atoms with Gasteiger partial charge in [0.1, 0.15) is 11.4 Å². The van der Waals surface area contributed by atoms with Crippen molar-refractivity contribution in [2.75, 3.05) is 29.9 Å². The Kier molecular flexibility index (Phi) is 6.74. The Morgan fingerprint density at radius 1 is 1.23 bits per heavy atom. The number of nitro benzene ring substituents is 1. The third-order valence-corrected chi connectivity index (χ3v) is 5.21. The number of anilines is 2. The molecule has 1 aliphatic heterocycles. The molecule has 0 aliphatic carbocycles. The SMILES string of the molecule is CCCNC(=O)[C@@H]1CN(CC(=O)Nc2c([N+](=O)[O-])ccc(C)c2C)c2ccccc2O1. The van der Waals surface area contributed by atoms with Crippen LogP contribution in [0.5, 0.6) is 5.75 Å². The molecular weight excluding hydrogens is 400 g/mol. The Bertz CT molecular complexity index is 1010. The molecule has 1 heterocycles. The van der Waals surface area contributed by atoms with Gasteiger partial charge in [-0.25, -0.2) is 0 Å². The molecule has 9 nitrogen and oxygen atoms in total. The van der Waals surface area contributed by atoms with E-state index in [1.807, 2.05) is 26.0 Å². The first kappa shape index (κ1) is 22.1. The molecule has 0 spiro atoms. The van der Waals surface area contributed by atoms with Crippen LogP contribution in [0.4, 0.5) is 17.1 Å². The first-order valence-electron chi connectivity index (χ1n) is 10.1. The Hall–Kier alpha value is -3.62. The maximum atomic E-state index is 12.9. The molecule has 3 rings (SSSR count). The number of fused-ring (bicyclic) bond motifs is 1. The standard InChI is InChI=1S/C22H26N4O5/c1-4-11-23-22(28)19-12-25(16-7-5-6-8-18(16)31-19)13-20(27)24-21-15(3)14(2)9-10-17(21)26(29)30/h5-10,19H,4,11-13H2,1-3H3,(H,23,28)(H,24,27)/t19-/m0/s1. The van der Waals surface area contributed by atoms with Gasteiger partial charge in [0, 0.05) is 12.6 Å². The summed E-state index contributed by atoms with van der Waals surface area (Å²) in [7, 11) is 0. The second-order valence-corrected chi connectivity index (χ2v) is 7.45. The molecular formula is C22H26N4O5. The van der Waals surface area contributed by atoms with E-state index in [0.717, 1.165) is 12.0 Å². The molecule has 0 aromatic heterocycles. The lowest BCUT2D eigenvalue weighted by Crippen LogP contribution is -2.50. The number of hydrogen-bond acceptors (Lipinski definition) is 6. The Balaban J connectivity index is 1.81. The summed E-state index contributed by atoms with van der Waals surface area (Å²) >= 11 is 0. The molecule has 1 aliphatic rings. The number of benzene rings is 2. The van der Waals surface area contributed by atoms with Crippen molar-refractivity contribution in [1.82, 2.24) is 5.32 Å². The number of nitrogens with one attached hydrogen (secondary N) is 2. The van der Waals surface area contributed by atoms with Crippen molar-refractivity contribution >= 4 is 28.9 Å². The van der Waals surface area contributed by atoms with Crippen molar-refractivity contribution in [3.63, 3.8) is 0 Å². The summed E-state index contributed by atoms with van der Waals surface area (Å²) in [5.74, 6) is -0.149. The fourth-order valence-corrected chi connectivity index (χ4v) is 3.42. The molecule has 2 aromatic carbocycles. The smallest absolute Gasteiger partial charge is 0.293 e. The summed E-state index contributed by atoms with van der Waals surface area (Å²) < 4.78 is 5.83. The second-order valence-electron chi connectivity index (χ2n) is 7.45. The molecule has 2 N–H and O–H groups in total. The third kappa shape index (κ3) is 4.93. The number of rotatable bonds is 7. The minimum Gasteiger partial charge on any atom is -0.477 e. The molecule has 164 valence electrons. The molecule has 0 bridgehead atoms. The molecule has 0 radical (unpaired) electrons. The number of aryl methyl sites for hydroxylation is 1. The number of amides is 2. The molecule has 9 heteroatoms. The van der Waals surface area contributed by atoms with Crippen molar-refractivity contribution in [2.45, 2.75) is 33.3 Å². The van der Waals surface area contributed by atoms with Crippen LogP contribution in [0, 0.1) is 24.0 Å². The van der Waals surface area contributed by atoms with Crippen molar-refractivity contribution in [3.8, 4) is 5.75 Å². The van der Waals surface area contributed by atoms with Crippen LogP contribution in [0.1, 0.15) is 24.5 Å². The second kappa shape index (κ2) is 9.46. The van der Waals surface area contributed by atoms with Gasteiger partial charge in [-0.3, -0.25) is 19.7 Å². The van der Waals surface area contributed by atoms with Crippen LogP contribution in [0.25, 0.3) is 0 Å². The fourth-order valence-electron chi connectivity index (χ4n) is 3.42. The first-order valence-corrected chi connectivity index (χ1v) is 10.1. The summed E-state index contributed by atoms with van der Waals surface area (Å²) in [4.78, 5) is 38.0. The maximum Gasteiger partial charge on any atom is 0.293 e. The van der Waals surface area contributed by atoms with Gasteiger partial charge < -0.3 is 20.3 Å². The normalized spacial score (nSPS) is 14.9. The van der Waals surface area contributed by atoms with Gasteiger partial charge in [-0.15, -0.1) is 0 Å². The number of ether oxygens (including phenoxy) is 1. The highest BCUT2D eigenvalue weighted by atomic mass is 16.6. The van der Waals surface area contributed by atoms with E-state index in [-0.39, 0.29) is 30.4 Å². The van der Waals surface area contributed by atoms with E-state index in [9.17, 15) is 19.7 Å². The highest BCUT2D eigenvalue weighted by Crippen LogP contribution is 2.34. The van der Waals surface area contributed by atoms with Gasteiger partial charge in [0.05, 0.1) is 23.7 Å². The van der Waals surface area contributed by atoms with Crippen LogP contribution >= 0.6 is 0 Å². The van der Waals surface area contributed by atoms with E-state index >= 15 is 0 Å². The molecule has 1 atom stereocenters. The Morgan fingerprint density at radius 2 is 1.97 bits per heavy atom. The van der Waals surface area contributed by atoms with Gasteiger partial charge in [-0.05, 0) is 43.5 Å². The zero-order chi connectivity index (χ0) is 22.5. The van der Waals surface area contributed by atoms with Gasteiger partial charge in [0.15, 0.2) is 6.10 Å². The highest BCUT2D eigenvalue weighted by molar-refractivity contribution is 5.97. The van der Waals surface area contributed by atoms with Gasteiger partial charge >= 0.3 is 0 Å². The average Bonchev–Trinajstić information content (AvgIpc) is 2.75. The van der Waals surface area contributed by atoms with Crippen molar-refractivity contribution in [3.05, 3.63) is 57.6 Å². The lowest BCUT2D eigenvalue weighted by Gasteiger charge is -2.35. The Labute approximate surface area is 180 Å². The monoisotopic (exact) mass is 426 g/mol. The summed E-state index contributed by atoms with van der Waals surface area (Å²) in [5.41, 5.74) is 2.20. The molecule has 0 unspecified atom stereocenters. The van der Waals surface area contributed by atoms with Crippen molar-refractivity contribution < 1.29 is 19.2 Å². The van der Waals surface area contributed by atoms with Crippen LogP contribution in [-0.4, -0.2) is 42.5 Å². The van der Waals surface area contributed by atoms with Gasteiger partial charge in [0.25, 0.3) is 11.6 Å². The third-order valence-electron chi connectivity index (χ3n) is 5.21. The number of carbonyl (C=O) groups excluding carboxylic acids is 2. The Morgan fingerprint density at radius 3 is 2.68 bits per heavy atom. The molecule has 2 amide bonds. The van der Waals surface area contributed by atoms with E-state index in [2.05, 4.69) is 10.6 Å². The zero-order valence-electron chi connectivity index (χ0n) is 17.8. The highest BCUT2D eigenvalue weighted by Gasteiger charge is 2.31. The maximum absolute atomic E-state index is 12.9. The van der Waals surface area contributed by atoms with Gasteiger partial charge in [-0.2, -0.15) is 0 Å².